The van der Waals surface area contributed by atoms with Gasteiger partial charge in [-0.25, -0.2) is 4.79 Å². The summed E-state index contributed by atoms with van der Waals surface area (Å²) in [6.45, 7) is 0.843. The number of hydrogen-bond donors (Lipinski definition) is 5. The van der Waals surface area contributed by atoms with E-state index in [-0.39, 0.29) is 0 Å². The van der Waals surface area contributed by atoms with Crippen molar-refractivity contribution in [1.82, 2.24) is 0 Å². The first-order valence-corrected chi connectivity index (χ1v) is 8.99. The van der Waals surface area contributed by atoms with Crippen molar-refractivity contribution < 1.29 is 35.1 Å². The number of aryl methyl sites for hydroxylation is 1. The number of carbonyl (C=O) groups is 1. The predicted octanol–water partition coefficient (Wildman–Crippen LogP) is 0.402. The molecule has 0 fully saturated rings. The molecule has 0 amide bonds. The Balaban J connectivity index is 2.45. The summed E-state index contributed by atoms with van der Waals surface area (Å²) in [6.07, 6.45) is -1.07. The van der Waals surface area contributed by atoms with E-state index in [1.807, 2.05) is 12.1 Å². The second-order valence-corrected chi connectivity index (χ2v) is 6.40. The molecule has 0 aliphatic carbocycles. The number of carbonyl (C=O) groups excluding carboxylic acids is 1. The standard InChI is InChI=1S/C19H30O7/c1-2-3-4-5-6-13-7-9-14(10-8-13)19(25)26-12-16(22)18(24)17(23)15(21)11-20/h7-10,15-18,20-24H,2-6,11-12H2,1H3/t15-,16+,17+,18+/m0/s1. The maximum Gasteiger partial charge on any atom is 0.338 e. The Morgan fingerprint density at radius 3 is 2.15 bits per heavy atom. The molecule has 148 valence electrons. The van der Waals surface area contributed by atoms with Crippen LogP contribution in [0.5, 0.6) is 0 Å². The summed E-state index contributed by atoms with van der Waals surface area (Å²) in [5, 5.41) is 46.9. The lowest BCUT2D eigenvalue weighted by Crippen LogP contribution is -2.47. The van der Waals surface area contributed by atoms with Crippen LogP contribution >= 0.6 is 0 Å². The van der Waals surface area contributed by atoms with Gasteiger partial charge in [-0.2, -0.15) is 0 Å². The van der Waals surface area contributed by atoms with Crippen molar-refractivity contribution in [2.24, 2.45) is 0 Å². The fourth-order valence-corrected chi connectivity index (χ4v) is 2.47. The van der Waals surface area contributed by atoms with Gasteiger partial charge in [-0.3, -0.25) is 0 Å². The third kappa shape index (κ3) is 7.39. The minimum absolute atomic E-state index is 0.319. The molecule has 5 N–H and O–H groups in total. The van der Waals surface area contributed by atoms with Crippen LogP contribution in [0.2, 0.25) is 0 Å². The Morgan fingerprint density at radius 1 is 0.962 bits per heavy atom. The fraction of sp³-hybridized carbons (Fsp3) is 0.632. The summed E-state index contributed by atoms with van der Waals surface area (Å²) in [5.74, 6) is -0.661. The molecule has 1 rings (SSSR count). The summed E-state index contributed by atoms with van der Waals surface area (Å²) < 4.78 is 4.92. The number of aliphatic hydroxyl groups excluding tert-OH is 5. The molecular weight excluding hydrogens is 340 g/mol. The van der Waals surface area contributed by atoms with Gasteiger partial charge < -0.3 is 30.3 Å². The molecule has 0 bridgehead atoms. The Labute approximate surface area is 153 Å². The van der Waals surface area contributed by atoms with Crippen molar-refractivity contribution in [3.05, 3.63) is 35.4 Å². The molecule has 0 saturated heterocycles. The Kier molecular flexibility index (Phi) is 10.4. The van der Waals surface area contributed by atoms with E-state index in [9.17, 15) is 25.2 Å². The van der Waals surface area contributed by atoms with Crippen LogP contribution in [-0.2, 0) is 11.2 Å². The molecule has 0 radical (unpaired) electrons. The molecule has 0 aromatic heterocycles. The second-order valence-electron chi connectivity index (χ2n) is 6.40. The maximum absolute atomic E-state index is 12.0. The van der Waals surface area contributed by atoms with E-state index < -0.39 is 43.6 Å². The normalized spacial score (nSPS) is 15.9. The molecule has 0 aliphatic heterocycles. The molecule has 26 heavy (non-hydrogen) atoms. The Bertz CT molecular complexity index is 517. The number of hydrogen-bond acceptors (Lipinski definition) is 7. The minimum atomic E-state index is -1.75. The molecule has 7 heteroatoms. The molecule has 7 nitrogen and oxygen atoms in total. The van der Waals surface area contributed by atoms with Crippen LogP contribution in [-0.4, -0.2) is 69.1 Å². The first-order chi connectivity index (χ1) is 12.4. The van der Waals surface area contributed by atoms with Gasteiger partial charge in [-0.1, -0.05) is 38.3 Å². The third-order valence-electron chi connectivity index (χ3n) is 4.22. The SMILES string of the molecule is CCCCCCc1ccc(C(=O)OC[C@@H](O)[C@@H](O)[C@H](O)[C@@H](O)CO)cc1. The van der Waals surface area contributed by atoms with Gasteiger partial charge in [0.15, 0.2) is 0 Å². The lowest BCUT2D eigenvalue weighted by atomic mass is 10.0. The van der Waals surface area contributed by atoms with Gasteiger partial charge in [0, 0.05) is 0 Å². The van der Waals surface area contributed by atoms with Crippen LogP contribution in [0.4, 0.5) is 0 Å². The van der Waals surface area contributed by atoms with Gasteiger partial charge in [0.2, 0.25) is 0 Å². The maximum atomic E-state index is 12.0. The zero-order valence-electron chi connectivity index (χ0n) is 15.1. The smallest absolute Gasteiger partial charge is 0.338 e. The van der Waals surface area contributed by atoms with E-state index in [1.54, 1.807) is 12.1 Å². The molecule has 0 heterocycles. The van der Waals surface area contributed by atoms with E-state index in [2.05, 4.69) is 6.92 Å². The minimum Gasteiger partial charge on any atom is -0.459 e. The van der Waals surface area contributed by atoms with E-state index in [1.165, 1.54) is 19.3 Å². The summed E-state index contributed by atoms with van der Waals surface area (Å²) in [7, 11) is 0. The average Bonchev–Trinajstić information content (AvgIpc) is 2.67. The average molecular weight is 370 g/mol. The summed E-state index contributed by atoms with van der Waals surface area (Å²) in [6, 6.07) is 7.00. The lowest BCUT2D eigenvalue weighted by Gasteiger charge is -2.25. The highest BCUT2D eigenvalue weighted by molar-refractivity contribution is 5.89. The zero-order valence-corrected chi connectivity index (χ0v) is 15.1. The van der Waals surface area contributed by atoms with E-state index in [0.717, 1.165) is 18.4 Å². The summed E-state index contributed by atoms with van der Waals surface area (Å²) >= 11 is 0. The van der Waals surface area contributed by atoms with Crippen LogP contribution in [0.25, 0.3) is 0 Å². The molecule has 4 atom stereocenters. The summed E-state index contributed by atoms with van der Waals surface area (Å²) in [4.78, 5) is 12.0. The fourth-order valence-electron chi connectivity index (χ4n) is 2.47. The highest BCUT2D eigenvalue weighted by Gasteiger charge is 2.30. The third-order valence-corrected chi connectivity index (χ3v) is 4.22. The van der Waals surface area contributed by atoms with Gasteiger partial charge in [-0.05, 0) is 30.5 Å². The van der Waals surface area contributed by atoms with Crippen LogP contribution in [0.1, 0.15) is 48.5 Å². The topological polar surface area (TPSA) is 127 Å². The molecule has 0 spiro atoms. The second kappa shape index (κ2) is 12.0. The van der Waals surface area contributed by atoms with Crippen LogP contribution < -0.4 is 0 Å². The van der Waals surface area contributed by atoms with Gasteiger partial charge in [0.1, 0.15) is 31.0 Å². The Morgan fingerprint density at radius 2 is 1.58 bits per heavy atom. The van der Waals surface area contributed by atoms with Crippen LogP contribution in [0.15, 0.2) is 24.3 Å². The molecule has 0 saturated carbocycles. The molecule has 1 aromatic rings. The number of aliphatic hydroxyl groups is 5. The Hall–Kier alpha value is -1.51. The predicted molar refractivity (Wildman–Crippen MR) is 95.7 cm³/mol. The van der Waals surface area contributed by atoms with Gasteiger partial charge in [0.25, 0.3) is 0 Å². The van der Waals surface area contributed by atoms with Crippen molar-refractivity contribution in [3.63, 3.8) is 0 Å². The van der Waals surface area contributed by atoms with Gasteiger partial charge in [-0.15, -0.1) is 0 Å². The number of rotatable bonds is 12. The molecular formula is C19H30O7. The number of esters is 1. The summed E-state index contributed by atoms with van der Waals surface area (Å²) in [5.41, 5.74) is 1.45. The molecule has 0 aliphatic rings. The largest absolute Gasteiger partial charge is 0.459 e. The molecule has 0 unspecified atom stereocenters. The zero-order chi connectivity index (χ0) is 19.5. The van der Waals surface area contributed by atoms with Crippen molar-refractivity contribution in [1.29, 1.82) is 0 Å². The number of unbranched alkanes of at least 4 members (excludes halogenated alkanes) is 3. The van der Waals surface area contributed by atoms with Crippen molar-refractivity contribution in [3.8, 4) is 0 Å². The van der Waals surface area contributed by atoms with Crippen LogP contribution in [0, 0.1) is 0 Å². The van der Waals surface area contributed by atoms with Crippen molar-refractivity contribution in [2.75, 3.05) is 13.2 Å². The quantitative estimate of drug-likeness (QED) is 0.266. The number of benzene rings is 1. The van der Waals surface area contributed by atoms with E-state index in [0.29, 0.717) is 5.56 Å². The number of ether oxygens (including phenoxy) is 1. The first-order valence-electron chi connectivity index (χ1n) is 8.99. The van der Waals surface area contributed by atoms with Gasteiger partial charge >= 0.3 is 5.97 Å². The van der Waals surface area contributed by atoms with Crippen molar-refractivity contribution >= 4 is 5.97 Å². The van der Waals surface area contributed by atoms with E-state index >= 15 is 0 Å². The lowest BCUT2D eigenvalue weighted by molar-refractivity contribution is -0.124. The van der Waals surface area contributed by atoms with Crippen LogP contribution in [0.3, 0.4) is 0 Å². The first kappa shape index (κ1) is 22.5. The van der Waals surface area contributed by atoms with Crippen molar-refractivity contribution in [2.45, 2.75) is 63.4 Å². The highest BCUT2D eigenvalue weighted by atomic mass is 16.5. The monoisotopic (exact) mass is 370 g/mol. The highest BCUT2D eigenvalue weighted by Crippen LogP contribution is 2.11. The van der Waals surface area contributed by atoms with Gasteiger partial charge in [0.05, 0.1) is 12.2 Å². The molecule has 1 aromatic carbocycles. The van der Waals surface area contributed by atoms with E-state index in [4.69, 9.17) is 9.84 Å².